The molecule has 0 bridgehead atoms. The molecular weight excluding hydrogens is 294 g/mol. The number of likely N-dealkylation sites (N-methyl/N-ethyl adjacent to an activating group) is 1. The lowest BCUT2D eigenvalue weighted by Gasteiger charge is -2.37. The maximum absolute atomic E-state index is 12.5. The smallest absolute Gasteiger partial charge is 0.332 e. The van der Waals surface area contributed by atoms with E-state index in [9.17, 15) is 9.59 Å². The first-order valence-electron chi connectivity index (χ1n) is 7.48. The highest BCUT2D eigenvalue weighted by Gasteiger charge is 2.28. The number of rotatable bonds is 2. The average molecular weight is 313 g/mol. The molecule has 2 aliphatic rings. The quantitative estimate of drug-likeness (QED) is 0.778. The fraction of sp³-hybridized carbons (Fsp3) is 0.312. The maximum Gasteiger partial charge on any atom is 0.332 e. The summed E-state index contributed by atoms with van der Waals surface area (Å²) in [6, 6.07) is 6.66. The van der Waals surface area contributed by atoms with E-state index in [1.807, 2.05) is 18.2 Å². The fourth-order valence-corrected chi connectivity index (χ4v) is 2.82. The molecular formula is C16H19N5O2. The number of primary amides is 1. The van der Waals surface area contributed by atoms with Gasteiger partial charge in [-0.15, -0.1) is 0 Å². The van der Waals surface area contributed by atoms with E-state index in [0.717, 1.165) is 37.4 Å². The monoisotopic (exact) mass is 313 g/mol. The number of nitrogens with one attached hydrogen (secondary N) is 1. The highest BCUT2D eigenvalue weighted by Crippen LogP contribution is 2.28. The maximum atomic E-state index is 12.5. The van der Waals surface area contributed by atoms with Crippen LogP contribution in [-0.4, -0.2) is 60.6 Å². The number of urea groups is 1. The number of benzene rings is 1. The molecule has 0 atom stereocenters. The molecule has 1 aliphatic heterocycles. The van der Waals surface area contributed by atoms with E-state index in [1.165, 1.54) is 0 Å². The van der Waals surface area contributed by atoms with Crippen molar-refractivity contribution in [1.29, 1.82) is 0 Å². The SMILES string of the molecule is CN1CCN(C2=C/C(=N/NC(N)=O)C(=O)c3ccccc32)CC1. The van der Waals surface area contributed by atoms with Crippen LogP contribution >= 0.6 is 0 Å². The van der Waals surface area contributed by atoms with Crippen LogP contribution in [0.1, 0.15) is 15.9 Å². The molecule has 1 aromatic carbocycles. The number of piperazine rings is 1. The van der Waals surface area contributed by atoms with E-state index in [1.54, 1.807) is 12.1 Å². The van der Waals surface area contributed by atoms with Crippen LogP contribution in [0, 0.1) is 0 Å². The van der Waals surface area contributed by atoms with E-state index in [2.05, 4.69) is 27.4 Å². The Balaban J connectivity index is 2.00. The van der Waals surface area contributed by atoms with Crippen LogP contribution in [0.25, 0.3) is 5.70 Å². The van der Waals surface area contributed by atoms with Gasteiger partial charge in [-0.05, 0) is 13.1 Å². The molecule has 1 heterocycles. The summed E-state index contributed by atoms with van der Waals surface area (Å²) in [6.07, 6.45) is 1.73. The van der Waals surface area contributed by atoms with E-state index in [-0.39, 0.29) is 11.5 Å². The Labute approximate surface area is 134 Å². The number of hydrazone groups is 1. The van der Waals surface area contributed by atoms with Crippen LogP contribution in [0.3, 0.4) is 0 Å². The predicted octanol–water partition coefficient (Wildman–Crippen LogP) is 0.496. The van der Waals surface area contributed by atoms with E-state index < -0.39 is 6.03 Å². The van der Waals surface area contributed by atoms with Gasteiger partial charge in [0.2, 0.25) is 5.78 Å². The molecule has 23 heavy (non-hydrogen) atoms. The number of carbonyl (C=O) groups is 2. The highest BCUT2D eigenvalue weighted by atomic mass is 16.2. The van der Waals surface area contributed by atoms with Crippen molar-refractivity contribution in [3.8, 4) is 0 Å². The van der Waals surface area contributed by atoms with Crippen molar-refractivity contribution in [2.75, 3.05) is 33.2 Å². The largest absolute Gasteiger partial charge is 0.368 e. The number of fused-ring (bicyclic) bond motifs is 1. The molecule has 1 fully saturated rings. The van der Waals surface area contributed by atoms with Crippen LogP contribution in [0.15, 0.2) is 35.4 Å². The normalized spacial score (nSPS) is 20.2. The molecule has 0 spiro atoms. The second-order valence-electron chi connectivity index (χ2n) is 5.67. The lowest BCUT2D eigenvalue weighted by molar-refractivity contribution is 0.106. The van der Waals surface area contributed by atoms with Gasteiger partial charge >= 0.3 is 6.03 Å². The van der Waals surface area contributed by atoms with Crippen LogP contribution in [0.2, 0.25) is 0 Å². The molecule has 3 rings (SSSR count). The summed E-state index contributed by atoms with van der Waals surface area (Å²) in [5.74, 6) is -0.216. The number of allylic oxidation sites excluding steroid dienone is 1. The molecule has 0 unspecified atom stereocenters. The van der Waals surface area contributed by atoms with Crippen molar-refractivity contribution in [2.24, 2.45) is 10.8 Å². The molecule has 0 saturated carbocycles. The number of hydrogen-bond donors (Lipinski definition) is 2. The van der Waals surface area contributed by atoms with Crippen molar-refractivity contribution >= 4 is 23.2 Å². The Kier molecular flexibility index (Phi) is 4.12. The topological polar surface area (TPSA) is 91.0 Å². The molecule has 7 heteroatoms. The summed E-state index contributed by atoms with van der Waals surface area (Å²) in [4.78, 5) is 27.9. The number of amides is 2. The standard InChI is InChI=1S/C16H19N5O2/c1-20-6-8-21(9-7-20)14-10-13(18-19-16(17)23)15(22)12-5-3-2-4-11(12)14/h2-5,10H,6-9H2,1H3,(H3,17,19,23)/b18-13-. The Morgan fingerprint density at radius 3 is 2.48 bits per heavy atom. The lowest BCUT2D eigenvalue weighted by atomic mass is 9.91. The lowest BCUT2D eigenvalue weighted by Crippen LogP contribution is -2.44. The molecule has 0 radical (unpaired) electrons. The minimum absolute atomic E-state index is 0.191. The van der Waals surface area contributed by atoms with Crippen molar-refractivity contribution in [2.45, 2.75) is 0 Å². The van der Waals surface area contributed by atoms with Crippen molar-refractivity contribution in [3.05, 3.63) is 41.5 Å². The van der Waals surface area contributed by atoms with Gasteiger partial charge in [-0.25, -0.2) is 10.2 Å². The molecule has 1 aliphatic carbocycles. The first-order valence-corrected chi connectivity index (χ1v) is 7.48. The van der Waals surface area contributed by atoms with E-state index >= 15 is 0 Å². The molecule has 2 amide bonds. The fourth-order valence-electron chi connectivity index (χ4n) is 2.82. The summed E-state index contributed by atoms with van der Waals surface area (Å²) < 4.78 is 0. The minimum atomic E-state index is -0.793. The Morgan fingerprint density at radius 1 is 1.17 bits per heavy atom. The van der Waals surface area contributed by atoms with Crippen LogP contribution in [0.4, 0.5) is 4.79 Å². The molecule has 3 N–H and O–H groups in total. The highest BCUT2D eigenvalue weighted by molar-refractivity contribution is 6.52. The molecule has 1 aromatic rings. The van der Waals surface area contributed by atoms with Crippen molar-refractivity contribution in [3.63, 3.8) is 0 Å². The zero-order valence-corrected chi connectivity index (χ0v) is 13.0. The third-order valence-electron chi connectivity index (χ3n) is 4.08. The van der Waals surface area contributed by atoms with E-state index in [4.69, 9.17) is 5.73 Å². The summed E-state index contributed by atoms with van der Waals surface area (Å²) >= 11 is 0. The first kappa shape index (κ1) is 15.2. The molecule has 120 valence electrons. The number of ketones is 1. The summed E-state index contributed by atoms with van der Waals surface area (Å²) in [7, 11) is 2.09. The third kappa shape index (κ3) is 3.09. The number of carbonyl (C=O) groups excluding carboxylic acids is 2. The summed E-state index contributed by atoms with van der Waals surface area (Å²) in [5, 5.41) is 3.85. The Hall–Kier alpha value is -2.67. The number of Topliss-reactive ketones (excluding diaryl/α,β-unsaturated/α-hetero) is 1. The van der Waals surface area contributed by atoms with Gasteiger partial charge in [0.05, 0.1) is 0 Å². The van der Waals surface area contributed by atoms with Gasteiger partial charge in [0.15, 0.2) is 0 Å². The van der Waals surface area contributed by atoms with E-state index in [0.29, 0.717) is 5.56 Å². The zero-order chi connectivity index (χ0) is 16.4. The summed E-state index contributed by atoms with van der Waals surface area (Å²) in [5.41, 5.74) is 9.82. The van der Waals surface area contributed by atoms with Crippen LogP contribution in [0.5, 0.6) is 0 Å². The Bertz CT molecular complexity index is 702. The number of nitrogens with zero attached hydrogens (tertiary/aromatic N) is 3. The van der Waals surface area contributed by atoms with Gasteiger partial charge < -0.3 is 15.5 Å². The summed E-state index contributed by atoms with van der Waals surface area (Å²) in [6.45, 7) is 3.67. The van der Waals surface area contributed by atoms with Gasteiger partial charge in [-0.2, -0.15) is 5.10 Å². The minimum Gasteiger partial charge on any atom is -0.368 e. The van der Waals surface area contributed by atoms with Gasteiger partial charge in [0.25, 0.3) is 0 Å². The van der Waals surface area contributed by atoms with Crippen molar-refractivity contribution < 1.29 is 9.59 Å². The van der Waals surface area contributed by atoms with Crippen molar-refractivity contribution in [1.82, 2.24) is 15.2 Å². The second kappa shape index (κ2) is 6.21. The second-order valence-corrected chi connectivity index (χ2v) is 5.67. The third-order valence-corrected chi connectivity index (χ3v) is 4.08. The van der Waals surface area contributed by atoms with Gasteiger partial charge in [-0.3, -0.25) is 4.79 Å². The number of hydrogen-bond acceptors (Lipinski definition) is 5. The number of nitrogens with two attached hydrogens (primary N) is 1. The predicted molar refractivity (Wildman–Crippen MR) is 88.0 cm³/mol. The first-order chi connectivity index (χ1) is 11.1. The van der Waals surface area contributed by atoms with Gasteiger partial charge in [0.1, 0.15) is 5.71 Å². The average Bonchev–Trinajstić information content (AvgIpc) is 2.55. The molecule has 7 nitrogen and oxygen atoms in total. The van der Waals surface area contributed by atoms with Crippen LogP contribution in [-0.2, 0) is 0 Å². The molecule has 1 saturated heterocycles. The van der Waals surface area contributed by atoms with Gasteiger partial charge in [-0.1, -0.05) is 24.3 Å². The Morgan fingerprint density at radius 2 is 1.83 bits per heavy atom. The van der Waals surface area contributed by atoms with Gasteiger partial charge in [0, 0.05) is 43.0 Å². The van der Waals surface area contributed by atoms with Crippen LogP contribution < -0.4 is 11.2 Å². The zero-order valence-electron chi connectivity index (χ0n) is 13.0. The molecule has 0 aromatic heterocycles.